The lowest BCUT2D eigenvalue weighted by atomic mass is 10.3. The number of rotatable bonds is 8. The Morgan fingerprint density at radius 3 is 2.50 bits per heavy atom. The largest absolute Gasteiger partial charge is 0.382 e. The van der Waals surface area contributed by atoms with Gasteiger partial charge >= 0.3 is 0 Å². The number of halogens is 2. The number of nitrogens with one attached hydrogen (secondary N) is 2. The maximum atomic E-state index is 11.8. The van der Waals surface area contributed by atoms with E-state index in [0.717, 1.165) is 0 Å². The highest BCUT2D eigenvalue weighted by molar-refractivity contribution is 6.39. The summed E-state index contributed by atoms with van der Waals surface area (Å²) in [4.78, 5) is 11.8. The highest BCUT2D eigenvalue weighted by atomic mass is 35.5. The molecule has 0 aromatic heterocycles. The molecule has 7 heteroatoms. The van der Waals surface area contributed by atoms with E-state index in [-0.39, 0.29) is 18.6 Å². The molecule has 0 aliphatic rings. The van der Waals surface area contributed by atoms with E-state index in [4.69, 9.17) is 32.7 Å². The van der Waals surface area contributed by atoms with Crippen LogP contribution in [-0.4, -0.2) is 45.9 Å². The number of para-hydroxylation sites is 1. The lowest BCUT2D eigenvalue weighted by Crippen LogP contribution is -2.36. The van der Waals surface area contributed by atoms with Crippen molar-refractivity contribution in [2.75, 3.05) is 39.2 Å². The van der Waals surface area contributed by atoms with Crippen LogP contribution in [0.2, 0.25) is 10.0 Å². The first-order chi connectivity index (χ1) is 9.58. The molecule has 1 aromatic carbocycles. The Bertz CT molecular complexity index is 423. The second-order valence-electron chi connectivity index (χ2n) is 4.09. The Labute approximate surface area is 128 Å². The molecule has 1 unspecified atom stereocenters. The van der Waals surface area contributed by atoms with Crippen molar-refractivity contribution in [1.82, 2.24) is 5.32 Å². The van der Waals surface area contributed by atoms with Crippen LogP contribution < -0.4 is 10.6 Å². The predicted molar refractivity (Wildman–Crippen MR) is 80.6 cm³/mol. The number of amides is 1. The third-order valence-corrected chi connectivity index (χ3v) is 3.20. The number of benzene rings is 1. The first kappa shape index (κ1) is 17.2. The Morgan fingerprint density at radius 2 is 1.95 bits per heavy atom. The summed E-state index contributed by atoms with van der Waals surface area (Å²) in [5, 5.41) is 6.45. The van der Waals surface area contributed by atoms with E-state index < -0.39 is 0 Å². The first-order valence-electron chi connectivity index (χ1n) is 6.04. The summed E-state index contributed by atoms with van der Waals surface area (Å²) in [6.07, 6.45) is -0.100. The van der Waals surface area contributed by atoms with Gasteiger partial charge in [-0.25, -0.2) is 0 Å². The summed E-state index contributed by atoms with van der Waals surface area (Å²) in [5.74, 6) is -0.229. The summed E-state index contributed by atoms with van der Waals surface area (Å²) >= 11 is 11.9. The van der Waals surface area contributed by atoms with Crippen LogP contribution in [0.1, 0.15) is 0 Å². The zero-order valence-electron chi connectivity index (χ0n) is 11.4. The van der Waals surface area contributed by atoms with Crippen molar-refractivity contribution in [2.45, 2.75) is 6.10 Å². The Kier molecular flexibility index (Phi) is 7.87. The fraction of sp³-hybridized carbons (Fsp3) is 0.462. The van der Waals surface area contributed by atoms with Gasteiger partial charge < -0.3 is 20.1 Å². The number of carbonyl (C=O) groups excluding carboxylic acids is 1. The Hall–Kier alpha value is -0.850. The lowest BCUT2D eigenvalue weighted by Gasteiger charge is -2.15. The van der Waals surface area contributed by atoms with Crippen molar-refractivity contribution in [1.29, 1.82) is 0 Å². The summed E-state index contributed by atoms with van der Waals surface area (Å²) in [7, 11) is 3.19. The molecule has 1 amide bonds. The summed E-state index contributed by atoms with van der Waals surface area (Å²) in [6, 6.07) is 5.04. The van der Waals surface area contributed by atoms with E-state index in [9.17, 15) is 4.79 Å². The van der Waals surface area contributed by atoms with Gasteiger partial charge in [-0.3, -0.25) is 4.79 Å². The van der Waals surface area contributed by atoms with Crippen molar-refractivity contribution in [3.8, 4) is 0 Å². The van der Waals surface area contributed by atoms with Crippen molar-refractivity contribution in [3.05, 3.63) is 28.2 Å². The first-order valence-corrected chi connectivity index (χ1v) is 6.80. The highest BCUT2D eigenvalue weighted by Crippen LogP contribution is 2.29. The standard InChI is InChI=1S/C13H18Cl2N2O3/c1-19-8-9(20-2)6-16-7-12(18)17-13-10(14)4-3-5-11(13)15/h3-5,9,16H,6-8H2,1-2H3,(H,17,18). The van der Waals surface area contributed by atoms with E-state index >= 15 is 0 Å². The molecule has 0 bridgehead atoms. The van der Waals surface area contributed by atoms with Gasteiger partial charge in [-0.15, -0.1) is 0 Å². The second-order valence-corrected chi connectivity index (χ2v) is 4.90. The SMILES string of the molecule is COCC(CNCC(=O)Nc1c(Cl)cccc1Cl)OC. The molecule has 1 atom stereocenters. The monoisotopic (exact) mass is 320 g/mol. The lowest BCUT2D eigenvalue weighted by molar-refractivity contribution is -0.115. The molecule has 1 aromatic rings. The minimum Gasteiger partial charge on any atom is -0.382 e. The summed E-state index contributed by atoms with van der Waals surface area (Å²) in [5.41, 5.74) is 0.419. The molecule has 5 nitrogen and oxygen atoms in total. The van der Waals surface area contributed by atoms with Crippen molar-refractivity contribution in [2.24, 2.45) is 0 Å². The summed E-state index contributed by atoms with van der Waals surface area (Å²) in [6.45, 7) is 1.10. The van der Waals surface area contributed by atoms with Crippen molar-refractivity contribution in [3.63, 3.8) is 0 Å². The number of anilines is 1. The molecule has 0 saturated carbocycles. The maximum Gasteiger partial charge on any atom is 0.238 e. The van der Waals surface area contributed by atoms with Crippen LogP contribution in [0.4, 0.5) is 5.69 Å². The van der Waals surface area contributed by atoms with E-state index in [0.29, 0.717) is 28.9 Å². The Morgan fingerprint density at radius 1 is 1.30 bits per heavy atom. The third-order valence-electron chi connectivity index (χ3n) is 2.57. The van der Waals surface area contributed by atoms with Crippen molar-refractivity contribution < 1.29 is 14.3 Å². The maximum absolute atomic E-state index is 11.8. The zero-order valence-corrected chi connectivity index (χ0v) is 12.9. The fourth-order valence-corrected chi connectivity index (χ4v) is 2.04. The van der Waals surface area contributed by atoms with Gasteiger partial charge in [0, 0.05) is 20.8 Å². The van der Waals surface area contributed by atoms with Crippen LogP contribution in [0.3, 0.4) is 0 Å². The number of hydrogen-bond donors (Lipinski definition) is 2. The number of hydrogen-bond acceptors (Lipinski definition) is 4. The van der Waals surface area contributed by atoms with Gasteiger partial charge in [0.25, 0.3) is 0 Å². The van der Waals surface area contributed by atoms with Crippen LogP contribution >= 0.6 is 23.2 Å². The molecule has 2 N–H and O–H groups in total. The van der Waals surface area contributed by atoms with E-state index in [1.807, 2.05) is 0 Å². The molecule has 20 heavy (non-hydrogen) atoms. The molecule has 0 saturated heterocycles. The van der Waals surface area contributed by atoms with E-state index in [2.05, 4.69) is 10.6 Å². The Balaban J connectivity index is 2.41. The predicted octanol–water partition coefficient (Wildman–Crippen LogP) is 2.18. The van der Waals surface area contributed by atoms with Crippen LogP contribution in [0.5, 0.6) is 0 Å². The normalized spacial score (nSPS) is 12.2. The van der Waals surface area contributed by atoms with Gasteiger partial charge in [-0.2, -0.15) is 0 Å². The highest BCUT2D eigenvalue weighted by Gasteiger charge is 2.11. The van der Waals surface area contributed by atoms with Crippen LogP contribution in [0.25, 0.3) is 0 Å². The van der Waals surface area contributed by atoms with E-state index in [1.54, 1.807) is 32.4 Å². The second kappa shape index (κ2) is 9.15. The summed E-state index contributed by atoms with van der Waals surface area (Å²) < 4.78 is 10.1. The van der Waals surface area contributed by atoms with Gasteiger partial charge in [0.15, 0.2) is 0 Å². The molecule has 0 aliphatic heterocycles. The van der Waals surface area contributed by atoms with Gasteiger partial charge in [-0.05, 0) is 12.1 Å². The van der Waals surface area contributed by atoms with Crippen molar-refractivity contribution >= 4 is 34.8 Å². The van der Waals surface area contributed by atoms with Crippen LogP contribution in [0.15, 0.2) is 18.2 Å². The van der Waals surface area contributed by atoms with Crippen LogP contribution in [0, 0.1) is 0 Å². The molecule has 112 valence electrons. The fourth-order valence-electron chi connectivity index (χ4n) is 1.54. The molecule has 0 heterocycles. The minimum atomic E-state index is -0.229. The molecular formula is C13H18Cl2N2O3. The molecule has 0 radical (unpaired) electrons. The third kappa shape index (κ3) is 5.64. The average molecular weight is 321 g/mol. The van der Waals surface area contributed by atoms with Gasteiger partial charge in [0.1, 0.15) is 0 Å². The molecular weight excluding hydrogens is 303 g/mol. The topological polar surface area (TPSA) is 59.6 Å². The average Bonchev–Trinajstić information content (AvgIpc) is 2.42. The zero-order chi connectivity index (χ0) is 15.0. The number of carbonyl (C=O) groups is 1. The number of methoxy groups -OCH3 is 2. The number of ether oxygens (including phenoxy) is 2. The van der Waals surface area contributed by atoms with Crippen LogP contribution in [-0.2, 0) is 14.3 Å². The quantitative estimate of drug-likeness (QED) is 0.770. The molecule has 1 rings (SSSR count). The van der Waals surface area contributed by atoms with Gasteiger partial charge in [0.2, 0.25) is 5.91 Å². The smallest absolute Gasteiger partial charge is 0.238 e. The van der Waals surface area contributed by atoms with E-state index in [1.165, 1.54) is 0 Å². The van der Waals surface area contributed by atoms with Gasteiger partial charge in [-0.1, -0.05) is 29.3 Å². The minimum absolute atomic E-state index is 0.100. The van der Waals surface area contributed by atoms with Gasteiger partial charge in [0.05, 0.1) is 35.0 Å². The molecule has 0 aliphatic carbocycles. The molecule has 0 fully saturated rings. The molecule has 0 spiro atoms.